The summed E-state index contributed by atoms with van der Waals surface area (Å²) < 4.78 is 0. The summed E-state index contributed by atoms with van der Waals surface area (Å²) in [7, 11) is 0. The smallest absolute Gasteiger partial charge is 0.255 e. The number of carboxylic acid groups (broad SMARTS) is 1. The summed E-state index contributed by atoms with van der Waals surface area (Å²) >= 11 is 1.05. The van der Waals surface area contributed by atoms with E-state index in [1.165, 1.54) is 0 Å². The Balaban J connectivity index is 2.19. The molecule has 0 saturated carbocycles. The average Bonchev–Trinajstić information content (AvgIpc) is 2.55. The van der Waals surface area contributed by atoms with Gasteiger partial charge in [-0.2, -0.15) is 0 Å². The van der Waals surface area contributed by atoms with Crippen molar-refractivity contribution in [2.45, 2.75) is 49.9 Å². The summed E-state index contributed by atoms with van der Waals surface area (Å²) in [5.41, 5.74) is 2.03. The molecule has 2 rings (SSSR count). The molecule has 0 spiro atoms. The first-order valence-corrected chi connectivity index (χ1v) is 8.90. The number of hydrogen-bond donors (Lipinski definition) is 1. The van der Waals surface area contributed by atoms with E-state index in [4.69, 9.17) is 0 Å². The molecule has 0 amide bonds. The molecule has 0 aliphatic heterocycles. The van der Waals surface area contributed by atoms with Crippen LogP contribution in [0, 0.1) is 6.92 Å². The Bertz CT molecular complexity index is 744. The van der Waals surface area contributed by atoms with E-state index in [1.807, 2.05) is 37.3 Å². The van der Waals surface area contributed by atoms with E-state index in [0.717, 1.165) is 30.2 Å². The van der Waals surface area contributed by atoms with Crippen molar-refractivity contribution in [3.63, 3.8) is 0 Å². The SMILES string of the molecule is CCCC[C@@H](Sc1nc(C)c(Cc2ccccc2)c(=O)[nH]1)C(=O)[O-]. The monoisotopic (exact) mass is 345 g/mol. The zero-order valence-electron chi connectivity index (χ0n) is 13.9. The van der Waals surface area contributed by atoms with Crippen LogP contribution >= 0.6 is 11.8 Å². The van der Waals surface area contributed by atoms with Crippen LogP contribution in [0.2, 0.25) is 0 Å². The lowest BCUT2D eigenvalue weighted by atomic mass is 10.1. The summed E-state index contributed by atoms with van der Waals surface area (Å²) in [5.74, 6) is -1.12. The first-order valence-electron chi connectivity index (χ1n) is 8.02. The van der Waals surface area contributed by atoms with E-state index >= 15 is 0 Å². The van der Waals surface area contributed by atoms with Crippen LogP contribution in [0.4, 0.5) is 0 Å². The molecule has 5 nitrogen and oxygen atoms in total. The minimum absolute atomic E-state index is 0.221. The second kappa shape index (κ2) is 8.68. The quantitative estimate of drug-likeness (QED) is 0.585. The van der Waals surface area contributed by atoms with Crippen LogP contribution in [-0.4, -0.2) is 21.2 Å². The Morgan fingerprint density at radius 1 is 1.33 bits per heavy atom. The van der Waals surface area contributed by atoms with Gasteiger partial charge in [0.15, 0.2) is 5.16 Å². The molecule has 6 heteroatoms. The molecule has 0 aliphatic carbocycles. The molecular weight excluding hydrogens is 324 g/mol. The minimum atomic E-state index is -1.12. The van der Waals surface area contributed by atoms with Crippen molar-refractivity contribution in [2.75, 3.05) is 0 Å². The lowest BCUT2D eigenvalue weighted by Gasteiger charge is -2.17. The molecule has 0 aliphatic rings. The molecule has 1 atom stereocenters. The number of aliphatic carboxylic acids is 1. The maximum Gasteiger partial charge on any atom is 0.255 e. The third-order valence-electron chi connectivity index (χ3n) is 3.76. The number of carboxylic acids is 1. The van der Waals surface area contributed by atoms with E-state index in [1.54, 1.807) is 6.92 Å². The van der Waals surface area contributed by atoms with Crippen molar-refractivity contribution in [1.29, 1.82) is 0 Å². The van der Waals surface area contributed by atoms with Gasteiger partial charge >= 0.3 is 0 Å². The molecule has 1 N–H and O–H groups in total. The molecule has 2 aromatic rings. The number of aryl methyl sites for hydroxylation is 1. The second-order valence-corrected chi connectivity index (χ2v) is 6.86. The highest BCUT2D eigenvalue weighted by molar-refractivity contribution is 8.00. The first kappa shape index (κ1) is 18.3. The van der Waals surface area contributed by atoms with Crippen LogP contribution < -0.4 is 10.7 Å². The van der Waals surface area contributed by atoms with E-state index in [9.17, 15) is 14.7 Å². The highest BCUT2D eigenvalue weighted by Crippen LogP contribution is 2.23. The van der Waals surface area contributed by atoms with Crippen LogP contribution in [0.25, 0.3) is 0 Å². The largest absolute Gasteiger partial charge is 0.549 e. The van der Waals surface area contributed by atoms with Crippen LogP contribution in [-0.2, 0) is 11.2 Å². The number of unbranched alkanes of at least 4 members (excludes halogenated alkanes) is 1. The van der Waals surface area contributed by atoms with Gasteiger partial charge in [0.25, 0.3) is 5.56 Å². The van der Waals surface area contributed by atoms with E-state index < -0.39 is 11.2 Å². The fraction of sp³-hybridized carbons (Fsp3) is 0.389. The number of aromatic amines is 1. The van der Waals surface area contributed by atoms with Gasteiger partial charge in [-0.25, -0.2) is 4.98 Å². The Labute approximate surface area is 145 Å². The zero-order valence-corrected chi connectivity index (χ0v) is 14.7. The minimum Gasteiger partial charge on any atom is -0.549 e. The number of nitrogens with one attached hydrogen (secondary N) is 1. The number of carbonyl (C=O) groups excluding carboxylic acids is 1. The summed E-state index contributed by atoms with van der Waals surface area (Å²) in [6.07, 6.45) is 2.70. The van der Waals surface area contributed by atoms with Crippen LogP contribution in [0.3, 0.4) is 0 Å². The van der Waals surface area contributed by atoms with Crippen molar-refractivity contribution in [3.05, 3.63) is 57.5 Å². The second-order valence-electron chi connectivity index (χ2n) is 5.67. The molecule has 1 aromatic carbocycles. The third-order valence-corrected chi connectivity index (χ3v) is 4.89. The fourth-order valence-corrected chi connectivity index (χ4v) is 3.39. The molecule has 24 heavy (non-hydrogen) atoms. The fourth-order valence-electron chi connectivity index (χ4n) is 2.40. The maximum absolute atomic E-state index is 12.4. The van der Waals surface area contributed by atoms with E-state index in [2.05, 4.69) is 9.97 Å². The molecule has 0 saturated heterocycles. The Morgan fingerprint density at radius 2 is 2.04 bits per heavy atom. The van der Waals surface area contributed by atoms with E-state index in [0.29, 0.717) is 29.3 Å². The topological polar surface area (TPSA) is 85.9 Å². The van der Waals surface area contributed by atoms with Gasteiger partial charge in [0.1, 0.15) is 0 Å². The lowest BCUT2D eigenvalue weighted by molar-refractivity contribution is -0.304. The van der Waals surface area contributed by atoms with Gasteiger partial charge in [0.2, 0.25) is 0 Å². The summed E-state index contributed by atoms with van der Waals surface area (Å²) in [6.45, 7) is 3.78. The molecule has 0 unspecified atom stereocenters. The van der Waals surface area contributed by atoms with Gasteiger partial charge < -0.3 is 14.9 Å². The molecule has 0 radical (unpaired) electrons. The zero-order chi connectivity index (χ0) is 17.5. The van der Waals surface area contributed by atoms with Crippen molar-refractivity contribution in [2.24, 2.45) is 0 Å². The standard InChI is InChI=1S/C18H22N2O3S/c1-3-4-10-15(17(22)23)24-18-19-12(2)14(16(21)20-18)11-13-8-6-5-7-9-13/h5-9,15H,3-4,10-11H2,1-2H3,(H,22,23)(H,19,20,21)/p-1/t15-/m1/s1. The van der Waals surface area contributed by atoms with Crippen LogP contribution in [0.1, 0.15) is 43.0 Å². The van der Waals surface area contributed by atoms with Crippen LogP contribution in [0.15, 0.2) is 40.3 Å². The third kappa shape index (κ3) is 4.96. The number of benzene rings is 1. The number of carbonyl (C=O) groups is 1. The van der Waals surface area contributed by atoms with Crippen molar-refractivity contribution < 1.29 is 9.90 Å². The maximum atomic E-state index is 12.4. The molecule has 0 bridgehead atoms. The Morgan fingerprint density at radius 3 is 2.62 bits per heavy atom. The first-order chi connectivity index (χ1) is 11.5. The molecule has 0 fully saturated rings. The van der Waals surface area contributed by atoms with Crippen LogP contribution in [0.5, 0.6) is 0 Å². The summed E-state index contributed by atoms with van der Waals surface area (Å²) in [6, 6.07) is 9.69. The Kier molecular flexibility index (Phi) is 6.61. The predicted molar refractivity (Wildman–Crippen MR) is 93.0 cm³/mol. The average molecular weight is 345 g/mol. The predicted octanol–water partition coefficient (Wildman–Crippen LogP) is 2.07. The van der Waals surface area contributed by atoms with E-state index in [-0.39, 0.29) is 5.56 Å². The number of nitrogens with zero attached hydrogens (tertiary/aromatic N) is 1. The molecule has 1 aromatic heterocycles. The summed E-state index contributed by atoms with van der Waals surface area (Å²) in [5, 5.41) is 10.9. The van der Waals surface area contributed by atoms with Gasteiger partial charge in [0.05, 0.1) is 11.2 Å². The van der Waals surface area contributed by atoms with Crippen molar-refractivity contribution >= 4 is 17.7 Å². The number of rotatable bonds is 8. The molecular formula is C18H21N2O3S-. The number of thioether (sulfide) groups is 1. The molecule has 128 valence electrons. The van der Waals surface area contributed by atoms with Gasteiger partial charge in [-0.15, -0.1) is 0 Å². The van der Waals surface area contributed by atoms with Crippen molar-refractivity contribution in [1.82, 2.24) is 9.97 Å². The van der Waals surface area contributed by atoms with Gasteiger partial charge in [-0.3, -0.25) is 4.79 Å². The van der Waals surface area contributed by atoms with Gasteiger partial charge in [0, 0.05) is 17.7 Å². The van der Waals surface area contributed by atoms with Gasteiger partial charge in [-0.05, 0) is 18.9 Å². The van der Waals surface area contributed by atoms with Crippen molar-refractivity contribution in [3.8, 4) is 0 Å². The number of aromatic nitrogens is 2. The molecule has 1 heterocycles. The lowest BCUT2D eigenvalue weighted by Crippen LogP contribution is -2.34. The normalized spacial score (nSPS) is 12.1. The number of H-pyrrole nitrogens is 1. The highest BCUT2D eigenvalue weighted by atomic mass is 32.2. The van der Waals surface area contributed by atoms with Gasteiger partial charge in [-0.1, -0.05) is 61.9 Å². The Hall–Kier alpha value is -2.08. The highest BCUT2D eigenvalue weighted by Gasteiger charge is 2.15. The number of hydrogen-bond acceptors (Lipinski definition) is 5. The summed E-state index contributed by atoms with van der Waals surface area (Å²) in [4.78, 5) is 30.7.